The van der Waals surface area contributed by atoms with Crippen molar-refractivity contribution < 1.29 is 9.53 Å². The molecular formula is C15H26ClN3O2. The Bertz CT molecular complexity index is 446. The zero-order valence-corrected chi connectivity index (χ0v) is 13.9. The Morgan fingerprint density at radius 3 is 2.76 bits per heavy atom. The molecular weight excluding hydrogens is 290 g/mol. The second kappa shape index (κ2) is 9.18. The molecule has 0 radical (unpaired) electrons. The Hall–Kier alpha value is -0.910. The topological polar surface area (TPSA) is 70.1 Å². The maximum atomic E-state index is 12.4. The molecule has 2 N–H and O–H groups in total. The summed E-state index contributed by atoms with van der Waals surface area (Å²) < 4.78 is 6.65. The molecule has 6 heteroatoms. The summed E-state index contributed by atoms with van der Waals surface area (Å²) in [6.45, 7) is 6.02. The van der Waals surface area contributed by atoms with Gasteiger partial charge in [-0.2, -0.15) is 5.10 Å². The van der Waals surface area contributed by atoms with Crippen LogP contribution in [0.3, 0.4) is 0 Å². The Morgan fingerprint density at radius 2 is 2.19 bits per heavy atom. The molecule has 0 saturated heterocycles. The van der Waals surface area contributed by atoms with Crippen molar-refractivity contribution in [3.8, 4) is 0 Å². The lowest BCUT2D eigenvalue weighted by Crippen LogP contribution is -2.18. The van der Waals surface area contributed by atoms with Crippen molar-refractivity contribution in [3.05, 3.63) is 16.9 Å². The number of carbonyl (C=O) groups excluding carboxylic acids is 1. The van der Waals surface area contributed by atoms with Crippen LogP contribution in [0.1, 0.15) is 43.6 Å². The lowest BCUT2D eigenvalue weighted by molar-refractivity contribution is 0.0955. The number of ketones is 1. The van der Waals surface area contributed by atoms with E-state index in [1.54, 1.807) is 11.8 Å². The second-order valence-electron chi connectivity index (χ2n) is 5.60. The first-order chi connectivity index (χ1) is 10.0. The fourth-order valence-corrected chi connectivity index (χ4v) is 2.69. The van der Waals surface area contributed by atoms with Gasteiger partial charge < -0.3 is 10.5 Å². The third kappa shape index (κ3) is 5.41. The van der Waals surface area contributed by atoms with Crippen molar-refractivity contribution in [2.75, 3.05) is 20.3 Å². The van der Waals surface area contributed by atoms with Crippen LogP contribution in [0.25, 0.3) is 0 Å². The SMILES string of the molecule is COCCn1ncc(Cl)c1C(=O)CCC(CCN)C(C)C. The summed E-state index contributed by atoms with van der Waals surface area (Å²) >= 11 is 6.09. The van der Waals surface area contributed by atoms with Crippen molar-refractivity contribution in [2.24, 2.45) is 17.6 Å². The maximum absolute atomic E-state index is 12.4. The van der Waals surface area contributed by atoms with Crippen LogP contribution in [0.5, 0.6) is 0 Å². The fourth-order valence-electron chi connectivity index (χ4n) is 2.45. The van der Waals surface area contributed by atoms with Gasteiger partial charge in [0.1, 0.15) is 5.69 Å². The first kappa shape index (κ1) is 18.1. The molecule has 0 amide bonds. The van der Waals surface area contributed by atoms with E-state index < -0.39 is 0 Å². The molecule has 1 rings (SSSR count). The van der Waals surface area contributed by atoms with Gasteiger partial charge in [0.2, 0.25) is 0 Å². The van der Waals surface area contributed by atoms with Gasteiger partial charge in [-0.05, 0) is 31.2 Å². The van der Waals surface area contributed by atoms with Gasteiger partial charge in [-0.3, -0.25) is 9.48 Å². The van der Waals surface area contributed by atoms with Crippen LogP contribution in [0.2, 0.25) is 5.02 Å². The van der Waals surface area contributed by atoms with Gasteiger partial charge in [-0.25, -0.2) is 0 Å². The number of halogens is 1. The number of methoxy groups -OCH3 is 1. The predicted molar refractivity (Wildman–Crippen MR) is 84.7 cm³/mol. The number of hydrogen-bond acceptors (Lipinski definition) is 4. The molecule has 0 aliphatic carbocycles. The monoisotopic (exact) mass is 315 g/mol. The molecule has 1 unspecified atom stereocenters. The van der Waals surface area contributed by atoms with E-state index in [9.17, 15) is 4.79 Å². The van der Waals surface area contributed by atoms with Gasteiger partial charge in [0.25, 0.3) is 0 Å². The molecule has 0 aliphatic heterocycles. The molecule has 120 valence electrons. The van der Waals surface area contributed by atoms with E-state index in [2.05, 4.69) is 18.9 Å². The number of aromatic nitrogens is 2. The van der Waals surface area contributed by atoms with E-state index in [4.69, 9.17) is 22.1 Å². The van der Waals surface area contributed by atoms with Crippen LogP contribution in [0.4, 0.5) is 0 Å². The highest BCUT2D eigenvalue weighted by Gasteiger charge is 2.20. The fraction of sp³-hybridized carbons (Fsp3) is 0.733. The van der Waals surface area contributed by atoms with E-state index >= 15 is 0 Å². The van der Waals surface area contributed by atoms with Gasteiger partial charge in [0.05, 0.1) is 24.4 Å². The zero-order valence-electron chi connectivity index (χ0n) is 13.1. The van der Waals surface area contributed by atoms with Crippen LogP contribution in [0, 0.1) is 11.8 Å². The van der Waals surface area contributed by atoms with Crippen LogP contribution < -0.4 is 5.73 Å². The van der Waals surface area contributed by atoms with Gasteiger partial charge in [0, 0.05) is 13.5 Å². The van der Waals surface area contributed by atoms with E-state index in [0.29, 0.717) is 48.7 Å². The van der Waals surface area contributed by atoms with E-state index in [1.165, 1.54) is 6.20 Å². The number of hydrogen-bond donors (Lipinski definition) is 1. The highest BCUT2D eigenvalue weighted by molar-refractivity contribution is 6.33. The minimum atomic E-state index is 0.0382. The van der Waals surface area contributed by atoms with Gasteiger partial charge in [0.15, 0.2) is 5.78 Å². The first-order valence-corrected chi connectivity index (χ1v) is 7.82. The molecule has 21 heavy (non-hydrogen) atoms. The predicted octanol–water partition coefficient (Wildman–Crippen LogP) is 2.77. The third-order valence-corrected chi connectivity index (χ3v) is 4.07. The summed E-state index contributed by atoms with van der Waals surface area (Å²) in [6, 6.07) is 0. The van der Waals surface area contributed by atoms with Crippen LogP contribution in [0.15, 0.2) is 6.20 Å². The summed E-state index contributed by atoms with van der Waals surface area (Å²) in [5.41, 5.74) is 6.13. The standard InChI is InChI=1S/C15H26ClN3O2/c1-11(2)12(6-7-17)4-5-14(20)15-13(16)10-18-19(15)8-9-21-3/h10-12H,4-9,17H2,1-3H3. The molecule has 0 saturated carbocycles. The lowest BCUT2D eigenvalue weighted by Gasteiger charge is -2.19. The van der Waals surface area contributed by atoms with Gasteiger partial charge in [-0.1, -0.05) is 25.4 Å². The molecule has 1 aromatic rings. The summed E-state index contributed by atoms with van der Waals surface area (Å²) in [6.07, 6.45) is 3.77. The molecule has 5 nitrogen and oxygen atoms in total. The zero-order chi connectivity index (χ0) is 15.8. The number of carbonyl (C=O) groups is 1. The maximum Gasteiger partial charge on any atom is 0.182 e. The Balaban J connectivity index is 2.68. The minimum absolute atomic E-state index is 0.0382. The van der Waals surface area contributed by atoms with Crippen molar-refractivity contribution in [1.82, 2.24) is 9.78 Å². The van der Waals surface area contributed by atoms with Gasteiger partial charge in [-0.15, -0.1) is 0 Å². The van der Waals surface area contributed by atoms with Crippen LogP contribution in [-0.2, 0) is 11.3 Å². The Kier molecular flexibility index (Phi) is 7.93. The van der Waals surface area contributed by atoms with Crippen molar-refractivity contribution in [1.29, 1.82) is 0 Å². The molecule has 0 fully saturated rings. The Morgan fingerprint density at radius 1 is 1.48 bits per heavy atom. The van der Waals surface area contributed by atoms with Crippen molar-refractivity contribution >= 4 is 17.4 Å². The quantitative estimate of drug-likeness (QED) is 0.674. The Labute approximate surface area is 131 Å². The molecule has 0 aliphatic rings. The summed E-state index contributed by atoms with van der Waals surface area (Å²) in [5.74, 6) is 1.03. The average Bonchev–Trinajstić information content (AvgIpc) is 2.81. The molecule has 0 bridgehead atoms. The normalized spacial score (nSPS) is 12.9. The lowest BCUT2D eigenvalue weighted by atomic mass is 9.87. The largest absolute Gasteiger partial charge is 0.383 e. The number of nitrogens with two attached hydrogens (primary N) is 1. The summed E-state index contributed by atoms with van der Waals surface area (Å²) in [5, 5.41) is 4.55. The van der Waals surface area contributed by atoms with Crippen molar-refractivity contribution in [3.63, 3.8) is 0 Å². The molecule has 1 heterocycles. The first-order valence-electron chi connectivity index (χ1n) is 7.44. The highest BCUT2D eigenvalue weighted by atomic mass is 35.5. The molecule has 1 aromatic heterocycles. The minimum Gasteiger partial charge on any atom is -0.383 e. The van der Waals surface area contributed by atoms with Crippen molar-refractivity contribution in [2.45, 2.75) is 39.7 Å². The molecule has 0 spiro atoms. The number of Topliss-reactive ketones (excluding diaryl/α,β-unsaturated/α-hetero) is 1. The van der Waals surface area contributed by atoms with E-state index in [1.807, 2.05) is 0 Å². The van der Waals surface area contributed by atoms with Crippen LogP contribution in [-0.4, -0.2) is 35.8 Å². The molecule has 1 atom stereocenters. The average molecular weight is 316 g/mol. The summed E-state index contributed by atoms with van der Waals surface area (Å²) in [4.78, 5) is 12.4. The smallest absolute Gasteiger partial charge is 0.182 e. The van der Waals surface area contributed by atoms with Crippen LogP contribution >= 0.6 is 11.6 Å². The van der Waals surface area contributed by atoms with E-state index in [0.717, 1.165) is 12.8 Å². The second-order valence-corrected chi connectivity index (χ2v) is 6.01. The van der Waals surface area contributed by atoms with E-state index in [-0.39, 0.29) is 5.78 Å². The van der Waals surface area contributed by atoms with Gasteiger partial charge >= 0.3 is 0 Å². The number of nitrogens with zero attached hydrogens (tertiary/aromatic N) is 2. The third-order valence-electron chi connectivity index (χ3n) is 3.79. The summed E-state index contributed by atoms with van der Waals surface area (Å²) in [7, 11) is 1.62. The molecule has 0 aromatic carbocycles. The number of ether oxygens (including phenoxy) is 1. The highest BCUT2D eigenvalue weighted by Crippen LogP contribution is 2.23. The number of rotatable bonds is 10.